The second kappa shape index (κ2) is 10.1. The first-order chi connectivity index (χ1) is 19.6. The summed E-state index contributed by atoms with van der Waals surface area (Å²) in [6.45, 7) is 5.22. The van der Waals surface area contributed by atoms with Gasteiger partial charge >= 0.3 is 17.0 Å². The van der Waals surface area contributed by atoms with Crippen LogP contribution in [0.2, 0.25) is 0 Å². The van der Waals surface area contributed by atoms with Gasteiger partial charge in [-0.2, -0.15) is 8.78 Å². The SMILES string of the molecule is Cc1nc(N(c2ccccc2)C(C)c2cccc(C(F)(F)C(C)(C)O)c2F)c2cc3c(cc2n1)n(C)c(=O)c(=O)n3C. The number of aryl methyl sites for hydroxylation is 3. The minimum absolute atomic E-state index is 0.0414. The maximum atomic E-state index is 16.0. The quantitative estimate of drug-likeness (QED) is 0.215. The van der Waals surface area contributed by atoms with Crippen molar-refractivity contribution in [2.75, 3.05) is 4.90 Å². The van der Waals surface area contributed by atoms with Crippen LogP contribution in [-0.4, -0.2) is 29.8 Å². The number of hydrogen-bond donors (Lipinski definition) is 1. The lowest BCUT2D eigenvalue weighted by molar-refractivity contribution is -0.170. The lowest BCUT2D eigenvalue weighted by atomic mass is 9.90. The smallest absolute Gasteiger partial charge is 0.316 e. The number of para-hydroxylation sites is 1. The third-order valence-corrected chi connectivity index (χ3v) is 7.63. The number of nitrogens with zero attached hydrogens (tertiary/aromatic N) is 5. The molecule has 0 radical (unpaired) electrons. The van der Waals surface area contributed by atoms with E-state index < -0.39 is 40.1 Å². The molecule has 0 spiro atoms. The van der Waals surface area contributed by atoms with E-state index in [9.17, 15) is 14.7 Å². The molecule has 1 N–H and O–H groups in total. The summed E-state index contributed by atoms with van der Waals surface area (Å²) in [5.41, 5.74) is -2.88. The fourth-order valence-corrected chi connectivity index (χ4v) is 5.18. The summed E-state index contributed by atoms with van der Waals surface area (Å²) in [5, 5.41) is 10.6. The summed E-state index contributed by atoms with van der Waals surface area (Å²) in [5.74, 6) is -4.29. The fraction of sp³-hybridized carbons (Fsp3) is 0.290. The summed E-state index contributed by atoms with van der Waals surface area (Å²) >= 11 is 0. The van der Waals surface area contributed by atoms with Gasteiger partial charge in [0.15, 0.2) is 0 Å². The number of halogens is 3. The third-order valence-electron chi connectivity index (χ3n) is 7.63. The van der Waals surface area contributed by atoms with Crippen LogP contribution in [0.1, 0.15) is 43.8 Å². The average molecular weight is 578 g/mol. The first kappa shape index (κ1) is 29.0. The zero-order chi connectivity index (χ0) is 30.7. The van der Waals surface area contributed by atoms with Crippen LogP contribution in [0.5, 0.6) is 0 Å². The lowest BCUT2D eigenvalue weighted by Crippen LogP contribution is -2.41. The van der Waals surface area contributed by atoms with Crippen LogP contribution in [0.4, 0.5) is 24.7 Å². The Hall–Kier alpha value is -4.51. The molecule has 0 aliphatic carbocycles. The molecule has 11 heteroatoms. The highest BCUT2D eigenvalue weighted by Crippen LogP contribution is 2.44. The Kier molecular flexibility index (Phi) is 6.97. The molecule has 1 atom stereocenters. The number of aliphatic hydroxyl groups is 1. The number of hydrogen-bond acceptors (Lipinski definition) is 6. The summed E-state index contributed by atoms with van der Waals surface area (Å²) in [4.78, 5) is 36.1. The van der Waals surface area contributed by atoms with Crippen LogP contribution >= 0.6 is 0 Å². The Morgan fingerprint density at radius 1 is 0.905 bits per heavy atom. The molecule has 1 unspecified atom stereocenters. The minimum Gasteiger partial charge on any atom is -0.384 e. The molecule has 0 aliphatic heterocycles. The van der Waals surface area contributed by atoms with E-state index in [-0.39, 0.29) is 5.56 Å². The Balaban J connectivity index is 1.82. The molecule has 42 heavy (non-hydrogen) atoms. The van der Waals surface area contributed by atoms with Gasteiger partial charge in [-0.05, 0) is 58.0 Å². The molecule has 0 saturated heterocycles. The maximum Gasteiger partial charge on any atom is 0.316 e. The Labute approximate surface area is 239 Å². The van der Waals surface area contributed by atoms with Gasteiger partial charge in [0, 0.05) is 30.7 Å². The van der Waals surface area contributed by atoms with Crippen molar-refractivity contribution < 1.29 is 18.3 Å². The number of alkyl halides is 2. The first-order valence-electron chi connectivity index (χ1n) is 13.3. The molecule has 0 saturated carbocycles. The topological polar surface area (TPSA) is 93.2 Å². The van der Waals surface area contributed by atoms with Gasteiger partial charge in [0.2, 0.25) is 0 Å². The largest absolute Gasteiger partial charge is 0.384 e. The van der Waals surface area contributed by atoms with Gasteiger partial charge in [-0.1, -0.05) is 30.3 Å². The highest BCUT2D eigenvalue weighted by molar-refractivity contribution is 6.00. The van der Waals surface area contributed by atoms with E-state index in [0.29, 0.717) is 39.3 Å². The molecule has 0 aliphatic rings. The van der Waals surface area contributed by atoms with Crippen LogP contribution in [0, 0.1) is 12.7 Å². The molecule has 0 fully saturated rings. The van der Waals surface area contributed by atoms with Gasteiger partial charge in [-0.25, -0.2) is 14.4 Å². The first-order valence-corrected chi connectivity index (χ1v) is 13.3. The van der Waals surface area contributed by atoms with Crippen molar-refractivity contribution >= 4 is 33.4 Å². The fourth-order valence-electron chi connectivity index (χ4n) is 5.18. The minimum atomic E-state index is -3.87. The number of aromatic nitrogens is 4. The molecular weight excluding hydrogens is 547 g/mol. The van der Waals surface area contributed by atoms with Crippen LogP contribution in [0.15, 0.2) is 70.3 Å². The Bertz CT molecular complexity index is 1960. The molecule has 0 amide bonds. The Morgan fingerprint density at radius 2 is 1.50 bits per heavy atom. The zero-order valence-corrected chi connectivity index (χ0v) is 24.0. The molecule has 218 valence electrons. The number of anilines is 2. The predicted octanol–water partition coefficient (Wildman–Crippen LogP) is 5.39. The summed E-state index contributed by atoms with van der Waals surface area (Å²) in [7, 11) is 3.00. The second-order valence-corrected chi connectivity index (χ2v) is 10.9. The number of rotatable bonds is 6. The summed E-state index contributed by atoms with van der Waals surface area (Å²) in [6, 6.07) is 15.2. The van der Waals surface area contributed by atoms with Crippen LogP contribution < -0.4 is 16.0 Å². The van der Waals surface area contributed by atoms with E-state index in [1.165, 1.54) is 35.4 Å². The summed E-state index contributed by atoms with van der Waals surface area (Å²) < 4.78 is 48.9. The highest BCUT2D eigenvalue weighted by Gasteiger charge is 2.49. The Morgan fingerprint density at radius 3 is 2.10 bits per heavy atom. The molecule has 2 heterocycles. The van der Waals surface area contributed by atoms with Crippen molar-refractivity contribution in [2.45, 2.75) is 45.3 Å². The predicted molar refractivity (Wildman–Crippen MR) is 156 cm³/mol. The molecule has 3 aromatic carbocycles. The van der Waals surface area contributed by atoms with Crippen molar-refractivity contribution in [2.24, 2.45) is 14.1 Å². The van der Waals surface area contributed by atoms with Crippen LogP contribution in [-0.2, 0) is 20.0 Å². The molecule has 2 aromatic heterocycles. The van der Waals surface area contributed by atoms with E-state index in [4.69, 9.17) is 4.98 Å². The van der Waals surface area contributed by atoms with Crippen molar-refractivity contribution in [3.05, 3.63) is 104 Å². The van der Waals surface area contributed by atoms with Crippen molar-refractivity contribution in [1.29, 1.82) is 0 Å². The van der Waals surface area contributed by atoms with E-state index >= 15 is 13.2 Å². The molecule has 8 nitrogen and oxygen atoms in total. The third kappa shape index (κ3) is 4.53. The lowest BCUT2D eigenvalue weighted by Gasteiger charge is -2.34. The molecule has 5 rings (SSSR count). The molecule has 0 bridgehead atoms. The zero-order valence-electron chi connectivity index (χ0n) is 24.0. The van der Waals surface area contributed by atoms with Crippen molar-refractivity contribution in [3.63, 3.8) is 0 Å². The van der Waals surface area contributed by atoms with E-state index in [1.807, 2.05) is 6.07 Å². The number of benzene rings is 3. The van der Waals surface area contributed by atoms with Crippen LogP contribution in [0.25, 0.3) is 21.9 Å². The average Bonchev–Trinajstić information content (AvgIpc) is 2.94. The van der Waals surface area contributed by atoms with Gasteiger partial charge in [0.05, 0.1) is 28.2 Å². The van der Waals surface area contributed by atoms with Crippen molar-refractivity contribution in [3.8, 4) is 0 Å². The highest BCUT2D eigenvalue weighted by atomic mass is 19.3. The van der Waals surface area contributed by atoms with Gasteiger partial charge in [-0.15, -0.1) is 0 Å². The van der Waals surface area contributed by atoms with Crippen molar-refractivity contribution in [1.82, 2.24) is 19.1 Å². The van der Waals surface area contributed by atoms with Gasteiger partial charge < -0.3 is 19.1 Å². The van der Waals surface area contributed by atoms with E-state index in [2.05, 4.69) is 4.98 Å². The molecule has 5 aromatic rings. The standard InChI is InChI=1S/C31H30F3N5O3/c1-17(20-13-10-14-22(26(20)32)31(33,34)30(3,4)42)39(19-11-8-7-9-12-19)27-21-15-24-25(16-23(21)35-18(2)36-27)38(6)29(41)28(40)37(24)5/h7-17,42H,1-6H3. The van der Waals surface area contributed by atoms with E-state index in [0.717, 1.165) is 19.9 Å². The normalized spacial score (nSPS) is 13.1. The van der Waals surface area contributed by atoms with E-state index in [1.54, 1.807) is 55.1 Å². The second-order valence-electron chi connectivity index (χ2n) is 10.9. The molecular formula is C31H30F3N5O3. The van der Waals surface area contributed by atoms with Gasteiger partial charge in [0.25, 0.3) is 0 Å². The van der Waals surface area contributed by atoms with Gasteiger partial charge in [-0.3, -0.25) is 9.59 Å². The van der Waals surface area contributed by atoms with Gasteiger partial charge in [0.1, 0.15) is 23.1 Å². The summed E-state index contributed by atoms with van der Waals surface area (Å²) in [6.07, 6.45) is 0. The van der Waals surface area contributed by atoms with Crippen LogP contribution in [0.3, 0.4) is 0 Å². The maximum absolute atomic E-state index is 16.0. The number of fused-ring (bicyclic) bond motifs is 2. The monoisotopic (exact) mass is 577 g/mol.